The number of esters is 1. The molecule has 1 aliphatic rings. The maximum Gasteiger partial charge on any atom is 0.336 e. The van der Waals surface area contributed by atoms with Crippen LogP contribution in [0.15, 0.2) is 54.3 Å². The molecule has 3 rings (SSSR count). The van der Waals surface area contributed by atoms with Crippen molar-refractivity contribution < 1.29 is 19.0 Å². The van der Waals surface area contributed by atoms with Crippen molar-refractivity contribution in [2.75, 3.05) is 14.2 Å². The molecule has 0 unspecified atom stereocenters. The molecule has 0 fully saturated rings. The van der Waals surface area contributed by atoms with Crippen molar-refractivity contribution in [3.63, 3.8) is 0 Å². The molecule has 2 aromatic rings. The van der Waals surface area contributed by atoms with Gasteiger partial charge in [-0.3, -0.25) is 0 Å². The molecule has 0 bridgehead atoms. The summed E-state index contributed by atoms with van der Waals surface area (Å²) in [5, 5.41) is 2.10. The Hall–Kier alpha value is -2.75. The van der Waals surface area contributed by atoms with E-state index >= 15 is 0 Å². The maximum atomic E-state index is 11.4. The number of rotatable bonds is 4. The molecule has 4 nitrogen and oxygen atoms in total. The highest BCUT2D eigenvalue weighted by atomic mass is 16.5. The van der Waals surface area contributed by atoms with Gasteiger partial charge in [-0.05, 0) is 29.0 Å². The van der Waals surface area contributed by atoms with Crippen LogP contribution in [0.1, 0.15) is 5.56 Å². The van der Waals surface area contributed by atoms with E-state index in [0.717, 1.165) is 33.4 Å². The van der Waals surface area contributed by atoms with E-state index in [1.165, 1.54) is 6.08 Å². The van der Waals surface area contributed by atoms with Gasteiger partial charge in [0.25, 0.3) is 0 Å². The quantitative estimate of drug-likeness (QED) is 0.811. The molecule has 0 saturated heterocycles. The summed E-state index contributed by atoms with van der Waals surface area (Å²) in [6.45, 7) is 3.77. The second kappa shape index (κ2) is 5.56. The largest absolute Gasteiger partial charge is 0.497 e. The first kappa shape index (κ1) is 14.2. The molecule has 2 aromatic carbocycles. The summed E-state index contributed by atoms with van der Waals surface area (Å²) in [5.74, 6) is 1.55. The Morgan fingerprint density at radius 2 is 1.91 bits per heavy atom. The number of hydrogen-bond donors (Lipinski definition) is 0. The fourth-order valence-electron chi connectivity index (χ4n) is 2.62. The van der Waals surface area contributed by atoms with Crippen LogP contribution in [0.5, 0.6) is 11.5 Å². The van der Waals surface area contributed by atoms with Crippen LogP contribution in [0.25, 0.3) is 10.8 Å². The molecular formula is C18H16O4. The van der Waals surface area contributed by atoms with E-state index in [2.05, 4.69) is 6.58 Å². The lowest BCUT2D eigenvalue weighted by atomic mass is 9.96. The Morgan fingerprint density at radius 3 is 2.55 bits per heavy atom. The van der Waals surface area contributed by atoms with Crippen molar-refractivity contribution in [2.24, 2.45) is 0 Å². The zero-order chi connectivity index (χ0) is 15.7. The number of fused-ring (bicyclic) bond motifs is 1. The summed E-state index contributed by atoms with van der Waals surface area (Å²) in [5.41, 5.74) is 1.74. The van der Waals surface area contributed by atoms with Crippen molar-refractivity contribution in [3.05, 3.63) is 59.9 Å². The van der Waals surface area contributed by atoms with Crippen LogP contribution >= 0.6 is 0 Å². The average Bonchev–Trinajstić information content (AvgIpc) is 2.84. The third-order valence-corrected chi connectivity index (χ3v) is 3.76. The number of cyclic esters (lactones) is 1. The van der Waals surface area contributed by atoms with Crippen molar-refractivity contribution in [1.82, 2.24) is 0 Å². The minimum atomic E-state index is -0.378. The van der Waals surface area contributed by atoms with Gasteiger partial charge in [0.1, 0.15) is 17.3 Å². The molecule has 22 heavy (non-hydrogen) atoms. The van der Waals surface area contributed by atoms with Gasteiger partial charge in [-0.1, -0.05) is 18.7 Å². The molecule has 0 N–H and O–H groups in total. The first-order valence-electron chi connectivity index (χ1n) is 6.87. The van der Waals surface area contributed by atoms with E-state index in [0.29, 0.717) is 12.2 Å². The van der Waals surface area contributed by atoms with Crippen molar-refractivity contribution >= 4 is 16.7 Å². The summed E-state index contributed by atoms with van der Waals surface area (Å²) in [4.78, 5) is 11.4. The minimum absolute atomic E-state index is 0.378. The van der Waals surface area contributed by atoms with Gasteiger partial charge >= 0.3 is 5.97 Å². The number of benzene rings is 2. The predicted molar refractivity (Wildman–Crippen MR) is 84.1 cm³/mol. The van der Waals surface area contributed by atoms with Crippen molar-refractivity contribution in [2.45, 2.75) is 6.42 Å². The number of ether oxygens (including phenoxy) is 3. The highest BCUT2D eigenvalue weighted by Crippen LogP contribution is 2.34. The van der Waals surface area contributed by atoms with Crippen LogP contribution < -0.4 is 9.47 Å². The number of carbonyl (C=O) groups is 1. The lowest BCUT2D eigenvalue weighted by Crippen LogP contribution is -1.97. The van der Waals surface area contributed by atoms with Gasteiger partial charge in [0.15, 0.2) is 0 Å². The fourth-order valence-corrected chi connectivity index (χ4v) is 2.62. The van der Waals surface area contributed by atoms with Crippen LogP contribution in [0.3, 0.4) is 0 Å². The third-order valence-electron chi connectivity index (χ3n) is 3.76. The Balaban J connectivity index is 2.15. The Labute approximate surface area is 128 Å². The normalized spacial score (nSPS) is 14.0. The summed E-state index contributed by atoms with van der Waals surface area (Å²) in [6.07, 6.45) is 1.99. The van der Waals surface area contributed by atoms with Crippen LogP contribution in [0.4, 0.5) is 0 Å². The standard InChI is InChI=1S/C18H16O4/c1-11-13(9-18(19)22-11)8-16-15-10-14(20-2)6-4-12(15)5-7-17(16)21-3/h4-7,9-10H,1,8H2,2-3H3. The zero-order valence-electron chi connectivity index (χ0n) is 12.5. The molecule has 0 amide bonds. The molecule has 0 aromatic heterocycles. The number of allylic oxidation sites excluding steroid dienone is 1. The van der Waals surface area contributed by atoms with E-state index in [4.69, 9.17) is 14.2 Å². The summed E-state index contributed by atoms with van der Waals surface area (Å²) in [6, 6.07) is 9.80. The fraction of sp³-hybridized carbons (Fsp3) is 0.167. The summed E-state index contributed by atoms with van der Waals surface area (Å²) in [7, 11) is 3.26. The van der Waals surface area contributed by atoms with E-state index in [9.17, 15) is 4.79 Å². The predicted octanol–water partition coefficient (Wildman–Crippen LogP) is 3.40. The SMILES string of the molecule is C=C1OC(=O)C=C1Cc1c(OC)ccc2ccc(OC)cc12. The van der Waals surface area contributed by atoms with Gasteiger partial charge in [0, 0.05) is 23.6 Å². The topological polar surface area (TPSA) is 44.8 Å². The van der Waals surface area contributed by atoms with Crippen LogP contribution in [-0.4, -0.2) is 20.2 Å². The van der Waals surface area contributed by atoms with Crippen LogP contribution in [0, 0.1) is 0 Å². The molecule has 0 radical (unpaired) electrons. The van der Waals surface area contributed by atoms with Crippen molar-refractivity contribution in [3.8, 4) is 11.5 Å². The van der Waals surface area contributed by atoms with Gasteiger partial charge in [0.05, 0.1) is 14.2 Å². The van der Waals surface area contributed by atoms with Gasteiger partial charge < -0.3 is 14.2 Å². The maximum absolute atomic E-state index is 11.4. The van der Waals surface area contributed by atoms with E-state index < -0.39 is 0 Å². The van der Waals surface area contributed by atoms with E-state index in [1.54, 1.807) is 14.2 Å². The monoisotopic (exact) mass is 296 g/mol. The first-order chi connectivity index (χ1) is 10.6. The molecule has 0 aliphatic carbocycles. The smallest absolute Gasteiger partial charge is 0.336 e. The highest BCUT2D eigenvalue weighted by molar-refractivity contribution is 5.91. The molecule has 0 spiro atoms. The minimum Gasteiger partial charge on any atom is -0.497 e. The third kappa shape index (κ3) is 2.44. The number of methoxy groups -OCH3 is 2. The Morgan fingerprint density at radius 1 is 1.14 bits per heavy atom. The van der Waals surface area contributed by atoms with Gasteiger partial charge in [-0.25, -0.2) is 4.79 Å². The van der Waals surface area contributed by atoms with Crippen LogP contribution in [-0.2, 0) is 16.0 Å². The van der Waals surface area contributed by atoms with E-state index in [-0.39, 0.29) is 5.97 Å². The second-order valence-electron chi connectivity index (χ2n) is 5.02. The van der Waals surface area contributed by atoms with Gasteiger partial charge in [-0.2, -0.15) is 0 Å². The van der Waals surface area contributed by atoms with Crippen LogP contribution in [0.2, 0.25) is 0 Å². The lowest BCUT2D eigenvalue weighted by Gasteiger charge is -2.13. The lowest BCUT2D eigenvalue weighted by molar-refractivity contribution is -0.132. The molecule has 1 aliphatic heterocycles. The molecular weight excluding hydrogens is 280 g/mol. The molecule has 1 heterocycles. The molecule has 4 heteroatoms. The first-order valence-corrected chi connectivity index (χ1v) is 6.87. The average molecular weight is 296 g/mol. The molecule has 0 atom stereocenters. The number of carbonyl (C=O) groups excluding carboxylic acids is 1. The van der Waals surface area contributed by atoms with Gasteiger partial charge in [-0.15, -0.1) is 0 Å². The molecule has 0 saturated carbocycles. The Kier molecular flexibility index (Phi) is 3.59. The summed E-state index contributed by atoms with van der Waals surface area (Å²) >= 11 is 0. The molecule has 112 valence electrons. The summed E-state index contributed by atoms with van der Waals surface area (Å²) < 4.78 is 15.8. The zero-order valence-corrected chi connectivity index (χ0v) is 12.5. The number of hydrogen-bond acceptors (Lipinski definition) is 4. The Bertz CT molecular complexity index is 797. The second-order valence-corrected chi connectivity index (χ2v) is 5.02. The van der Waals surface area contributed by atoms with E-state index in [1.807, 2.05) is 30.3 Å². The van der Waals surface area contributed by atoms with Gasteiger partial charge in [0.2, 0.25) is 0 Å². The highest BCUT2D eigenvalue weighted by Gasteiger charge is 2.21. The van der Waals surface area contributed by atoms with Crippen molar-refractivity contribution in [1.29, 1.82) is 0 Å².